The van der Waals surface area contributed by atoms with Gasteiger partial charge in [-0.25, -0.2) is 0 Å². The summed E-state index contributed by atoms with van der Waals surface area (Å²) >= 11 is 12.6. The molecule has 0 bridgehead atoms. The lowest BCUT2D eigenvalue weighted by molar-refractivity contribution is -0.139. The fourth-order valence-electron chi connectivity index (χ4n) is 3.84. The number of Topliss-reactive ketones (excluding diaryl/α,β-unsaturated/α-hetero) is 1. The highest BCUT2D eigenvalue weighted by Crippen LogP contribution is 2.42. The van der Waals surface area contributed by atoms with E-state index < -0.39 is 17.7 Å². The van der Waals surface area contributed by atoms with E-state index in [0.717, 1.165) is 6.54 Å². The number of benzene rings is 2. The van der Waals surface area contributed by atoms with E-state index in [1.807, 2.05) is 19.0 Å². The van der Waals surface area contributed by atoms with E-state index in [1.165, 1.54) is 4.90 Å². The Bertz CT molecular complexity index is 1080. The van der Waals surface area contributed by atoms with Crippen molar-refractivity contribution in [2.24, 2.45) is 5.92 Å². The minimum absolute atomic E-state index is 0.00919. The Hall–Kier alpha value is -2.54. The SMILES string of the molecule is CC(C)COc1ccc(/C(O)=C2/C(=O)C(=O)N(CCCN(C)C)C2c2ccc(Cl)cc2Cl)cc1. The molecule has 0 radical (unpaired) electrons. The number of ether oxygens (including phenoxy) is 1. The monoisotopic (exact) mass is 504 g/mol. The smallest absolute Gasteiger partial charge is 0.295 e. The van der Waals surface area contributed by atoms with E-state index in [1.54, 1.807) is 42.5 Å². The molecular formula is C26H30Cl2N2O4. The predicted molar refractivity (Wildman–Crippen MR) is 135 cm³/mol. The molecule has 1 unspecified atom stereocenters. The highest BCUT2D eigenvalue weighted by atomic mass is 35.5. The number of aliphatic hydroxyl groups is 1. The van der Waals surface area contributed by atoms with E-state index in [0.29, 0.717) is 52.4 Å². The van der Waals surface area contributed by atoms with Crippen molar-refractivity contribution in [2.45, 2.75) is 26.3 Å². The van der Waals surface area contributed by atoms with Gasteiger partial charge in [-0.05, 0) is 74.9 Å². The lowest BCUT2D eigenvalue weighted by atomic mass is 9.95. The van der Waals surface area contributed by atoms with Crippen molar-refractivity contribution in [2.75, 3.05) is 33.8 Å². The molecule has 1 atom stereocenters. The molecule has 3 rings (SSSR count). The van der Waals surface area contributed by atoms with Gasteiger partial charge in [-0.15, -0.1) is 0 Å². The van der Waals surface area contributed by atoms with Crippen LogP contribution in [0.25, 0.3) is 5.76 Å². The third-order valence-corrected chi connectivity index (χ3v) is 6.07. The second-order valence-electron chi connectivity index (χ2n) is 9.04. The molecule has 6 nitrogen and oxygen atoms in total. The zero-order chi connectivity index (χ0) is 25.0. The average Bonchev–Trinajstić information content (AvgIpc) is 3.02. The fraction of sp³-hybridized carbons (Fsp3) is 0.385. The van der Waals surface area contributed by atoms with Crippen LogP contribution < -0.4 is 4.74 Å². The van der Waals surface area contributed by atoms with E-state index >= 15 is 0 Å². The zero-order valence-corrected chi connectivity index (χ0v) is 21.4. The highest BCUT2D eigenvalue weighted by Gasteiger charge is 2.46. The molecule has 0 aromatic heterocycles. The number of ketones is 1. The van der Waals surface area contributed by atoms with Crippen LogP contribution in [0.3, 0.4) is 0 Å². The number of likely N-dealkylation sites (tertiary alicyclic amines) is 1. The summed E-state index contributed by atoms with van der Waals surface area (Å²) in [4.78, 5) is 29.6. The van der Waals surface area contributed by atoms with Crippen LogP contribution >= 0.6 is 23.2 Å². The summed E-state index contributed by atoms with van der Waals surface area (Å²) in [6.45, 7) is 5.75. The third kappa shape index (κ3) is 5.93. The molecule has 1 fully saturated rings. The van der Waals surface area contributed by atoms with Crippen molar-refractivity contribution >= 4 is 40.7 Å². The Morgan fingerprint density at radius 1 is 1.12 bits per heavy atom. The normalized spacial score (nSPS) is 17.8. The first kappa shape index (κ1) is 26.1. The maximum absolute atomic E-state index is 13.1. The van der Waals surface area contributed by atoms with Crippen LogP contribution in [0.15, 0.2) is 48.0 Å². The Morgan fingerprint density at radius 3 is 2.38 bits per heavy atom. The minimum Gasteiger partial charge on any atom is -0.507 e. The van der Waals surface area contributed by atoms with E-state index in [9.17, 15) is 14.7 Å². The van der Waals surface area contributed by atoms with Gasteiger partial charge in [0.25, 0.3) is 11.7 Å². The van der Waals surface area contributed by atoms with Crippen LogP contribution in [-0.2, 0) is 9.59 Å². The van der Waals surface area contributed by atoms with Gasteiger partial charge in [0.05, 0.1) is 18.2 Å². The number of amides is 1. The van der Waals surface area contributed by atoms with Gasteiger partial charge in [0, 0.05) is 22.2 Å². The molecule has 2 aromatic carbocycles. The molecule has 1 amide bonds. The van der Waals surface area contributed by atoms with Gasteiger partial charge in [-0.2, -0.15) is 0 Å². The standard InChI is InChI=1S/C26H30Cl2N2O4/c1-16(2)15-34-19-9-6-17(7-10-19)24(31)22-23(20-11-8-18(27)14-21(20)28)30(26(33)25(22)32)13-5-12-29(3)4/h6-11,14,16,23,31H,5,12-13,15H2,1-4H3/b24-22-. The summed E-state index contributed by atoms with van der Waals surface area (Å²) in [5, 5.41) is 11.9. The molecule has 8 heteroatoms. The van der Waals surface area contributed by atoms with E-state index in [2.05, 4.69) is 13.8 Å². The molecule has 182 valence electrons. The molecule has 0 aliphatic carbocycles. The van der Waals surface area contributed by atoms with Crippen LogP contribution in [0.2, 0.25) is 10.0 Å². The molecule has 34 heavy (non-hydrogen) atoms. The molecule has 1 aliphatic rings. The number of hydrogen-bond donors (Lipinski definition) is 1. The largest absolute Gasteiger partial charge is 0.507 e. The number of nitrogens with zero attached hydrogens (tertiary/aromatic N) is 2. The first-order valence-corrected chi connectivity index (χ1v) is 12.0. The van der Waals surface area contributed by atoms with Gasteiger partial charge in [-0.3, -0.25) is 9.59 Å². The van der Waals surface area contributed by atoms with Gasteiger partial charge in [-0.1, -0.05) is 43.1 Å². The maximum Gasteiger partial charge on any atom is 0.295 e. The van der Waals surface area contributed by atoms with E-state index in [-0.39, 0.29) is 11.3 Å². The lowest BCUT2D eigenvalue weighted by Crippen LogP contribution is -2.32. The van der Waals surface area contributed by atoms with Gasteiger partial charge >= 0.3 is 0 Å². The Morgan fingerprint density at radius 2 is 1.79 bits per heavy atom. The van der Waals surface area contributed by atoms with Crippen molar-refractivity contribution in [3.63, 3.8) is 0 Å². The number of aliphatic hydroxyl groups excluding tert-OH is 1. The van der Waals surface area contributed by atoms with Gasteiger partial charge in [0.1, 0.15) is 11.5 Å². The van der Waals surface area contributed by atoms with Gasteiger partial charge in [0.2, 0.25) is 0 Å². The summed E-state index contributed by atoms with van der Waals surface area (Å²) in [5.41, 5.74) is 0.960. The number of halogens is 2. The van der Waals surface area contributed by atoms with Crippen LogP contribution in [-0.4, -0.2) is 60.4 Å². The van der Waals surface area contributed by atoms with Crippen LogP contribution in [0.1, 0.15) is 37.4 Å². The molecule has 0 spiro atoms. The van der Waals surface area contributed by atoms with Crippen molar-refractivity contribution in [1.82, 2.24) is 9.80 Å². The first-order chi connectivity index (χ1) is 16.1. The number of carbonyl (C=O) groups is 2. The van der Waals surface area contributed by atoms with Crippen molar-refractivity contribution in [3.8, 4) is 5.75 Å². The molecule has 1 saturated heterocycles. The predicted octanol–water partition coefficient (Wildman–Crippen LogP) is 5.40. The zero-order valence-electron chi connectivity index (χ0n) is 19.8. The topological polar surface area (TPSA) is 70.1 Å². The van der Waals surface area contributed by atoms with Gasteiger partial charge < -0.3 is 19.6 Å². The average molecular weight is 505 g/mol. The van der Waals surface area contributed by atoms with Crippen LogP contribution in [0.4, 0.5) is 0 Å². The Kier molecular flexibility index (Phi) is 8.63. The fourth-order valence-corrected chi connectivity index (χ4v) is 4.35. The second kappa shape index (κ2) is 11.3. The minimum atomic E-state index is -0.816. The Labute approximate surface area is 210 Å². The van der Waals surface area contributed by atoms with Crippen molar-refractivity contribution in [1.29, 1.82) is 0 Å². The van der Waals surface area contributed by atoms with E-state index in [4.69, 9.17) is 27.9 Å². The number of hydrogen-bond acceptors (Lipinski definition) is 5. The summed E-state index contributed by atoms with van der Waals surface area (Å²) in [5.74, 6) is -0.612. The lowest BCUT2D eigenvalue weighted by Gasteiger charge is -2.26. The highest BCUT2D eigenvalue weighted by molar-refractivity contribution is 6.47. The second-order valence-corrected chi connectivity index (χ2v) is 9.89. The Balaban J connectivity index is 2.04. The summed E-state index contributed by atoms with van der Waals surface area (Å²) in [6, 6.07) is 10.9. The molecule has 1 heterocycles. The van der Waals surface area contributed by atoms with Crippen molar-refractivity contribution < 1.29 is 19.4 Å². The van der Waals surface area contributed by atoms with Crippen LogP contribution in [0.5, 0.6) is 5.75 Å². The maximum atomic E-state index is 13.1. The molecule has 1 N–H and O–H groups in total. The third-order valence-electron chi connectivity index (χ3n) is 5.51. The van der Waals surface area contributed by atoms with Crippen molar-refractivity contribution in [3.05, 3.63) is 69.2 Å². The van der Waals surface area contributed by atoms with Crippen LogP contribution in [0, 0.1) is 5.92 Å². The molecule has 2 aromatic rings. The molecule has 1 aliphatic heterocycles. The summed E-state index contributed by atoms with van der Waals surface area (Å²) in [7, 11) is 3.88. The van der Waals surface area contributed by atoms with Gasteiger partial charge in [0.15, 0.2) is 0 Å². The quantitative estimate of drug-likeness (QED) is 0.281. The summed E-state index contributed by atoms with van der Waals surface area (Å²) < 4.78 is 5.70. The summed E-state index contributed by atoms with van der Waals surface area (Å²) in [6.07, 6.45) is 0.656. The number of carbonyl (C=O) groups excluding carboxylic acids is 2. The molecule has 0 saturated carbocycles. The number of rotatable bonds is 9. The molecular weight excluding hydrogens is 475 g/mol. The first-order valence-electron chi connectivity index (χ1n) is 11.2.